The van der Waals surface area contributed by atoms with E-state index < -0.39 is 24.9 Å². The van der Waals surface area contributed by atoms with Crippen molar-refractivity contribution in [2.45, 2.75) is 64.2 Å². The number of fused-ring (bicyclic) bond motifs is 1. The first-order valence-electron chi connectivity index (χ1n) is 5.65. The molecule has 0 saturated carbocycles. The van der Waals surface area contributed by atoms with Gasteiger partial charge in [0.2, 0.25) is 0 Å². The van der Waals surface area contributed by atoms with Gasteiger partial charge in [-0.05, 0) is 27.7 Å². The molecular weight excluding hydrogens is 215 g/mol. The highest BCUT2D eigenvalue weighted by Crippen LogP contribution is 2.39. The highest BCUT2D eigenvalue weighted by Gasteiger charge is 2.55. The number of hydrogen-bond donors (Lipinski definition) is 0. The summed E-state index contributed by atoms with van der Waals surface area (Å²) in [7, 11) is 0. The normalized spacial score (nSPS) is 41.6. The Morgan fingerprint density at radius 3 is 2.44 bits per heavy atom. The lowest BCUT2D eigenvalue weighted by atomic mass is 10.1. The molecule has 0 unspecified atom stereocenters. The first kappa shape index (κ1) is 12.2. The van der Waals surface area contributed by atoms with Crippen molar-refractivity contribution in [3.05, 3.63) is 0 Å². The van der Waals surface area contributed by atoms with E-state index in [-0.39, 0.29) is 18.3 Å². The highest BCUT2D eigenvalue weighted by molar-refractivity contribution is 4.95. The topological polar surface area (TPSA) is 36.9 Å². The number of alkyl halides is 1. The van der Waals surface area contributed by atoms with Crippen LogP contribution < -0.4 is 0 Å². The second-order valence-corrected chi connectivity index (χ2v) is 4.95. The first-order valence-corrected chi connectivity index (χ1v) is 5.65. The summed E-state index contributed by atoms with van der Waals surface area (Å²) in [5.74, 6) is -0.689. The van der Waals surface area contributed by atoms with E-state index >= 15 is 0 Å². The van der Waals surface area contributed by atoms with E-state index in [0.717, 1.165) is 0 Å². The standard InChI is InChI=1S/C11H19FO4/c1-6(2)13-10-9-8(7(5-12)14-10)15-11(3,4)16-9/h6-10H,5H2,1-4H3/t7-,8-,9-,10-/m1/s1. The molecule has 0 bridgehead atoms. The molecule has 0 N–H and O–H groups in total. The molecule has 0 spiro atoms. The lowest BCUT2D eigenvalue weighted by Crippen LogP contribution is -2.33. The number of halogens is 1. The highest BCUT2D eigenvalue weighted by atomic mass is 19.1. The molecule has 0 aliphatic carbocycles. The van der Waals surface area contributed by atoms with Crippen molar-refractivity contribution in [2.24, 2.45) is 0 Å². The molecule has 0 aromatic heterocycles. The zero-order valence-electron chi connectivity index (χ0n) is 10.1. The Morgan fingerprint density at radius 1 is 1.25 bits per heavy atom. The summed E-state index contributed by atoms with van der Waals surface area (Å²) in [6.07, 6.45) is -1.82. The summed E-state index contributed by atoms with van der Waals surface area (Å²) in [6, 6.07) is 0. The molecule has 2 saturated heterocycles. The van der Waals surface area contributed by atoms with E-state index in [9.17, 15) is 4.39 Å². The van der Waals surface area contributed by atoms with Gasteiger partial charge < -0.3 is 18.9 Å². The van der Waals surface area contributed by atoms with Crippen LogP contribution >= 0.6 is 0 Å². The second kappa shape index (κ2) is 4.22. The molecule has 0 aromatic carbocycles. The Balaban J connectivity index is 2.08. The minimum absolute atomic E-state index is 0.0105. The van der Waals surface area contributed by atoms with Crippen molar-refractivity contribution in [1.29, 1.82) is 0 Å². The van der Waals surface area contributed by atoms with Crippen LogP contribution in [0.15, 0.2) is 0 Å². The fourth-order valence-electron chi connectivity index (χ4n) is 2.14. The van der Waals surface area contributed by atoms with Crippen LogP contribution in [0.4, 0.5) is 4.39 Å². The van der Waals surface area contributed by atoms with Gasteiger partial charge >= 0.3 is 0 Å². The van der Waals surface area contributed by atoms with Gasteiger partial charge in [0, 0.05) is 0 Å². The van der Waals surface area contributed by atoms with Crippen LogP contribution in [0.3, 0.4) is 0 Å². The minimum Gasteiger partial charge on any atom is -0.347 e. The zero-order chi connectivity index (χ0) is 11.9. The van der Waals surface area contributed by atoms with E-state index in [1.165, 1.54) is 0 Å². The fraction of sp³-hybridized carbons (Fsp3) is 1.00. The van der Waals surface area contributed by atoms with Gasteiger partial charge in [-0.15, -0.1) is 0 Å². The maximum absolute atomic E-state index is 12.8. The van der Waals surface area contributed by atoms with Gasteiger partial charge in [-0.25, -0.2) is 4.39 Å². The van der Waals surface area contributed by atoms with Gasteiger partial charge in [-0.2, -0.15) is 0 Å². The van der Waals surface area contributed by atoms with Crippen molar-refractivity contribution in [3.8, 4) is 0 Å². The number of ether oxygens (including phenoxy) is 4. The molecule has 16 heavy (non-hydrogen) atoms. The van der Waals surface area contributed by atoms with Gasteiger partial charge in [0.05, 0.1) is 6.10 Å². The van der Waals surface area contributed by atoms with Crippen molar-refractivity contribution in [3.63, 3.8) is 0 Å². The molecule has 2 fully saturated rings. The lowest BCUT2D eigenvalue weighted by molar-refractivity contribution is -0.242. The summed E-state index contributed by atoms with van der Waals surface area (Å²) < 4.78 is 35.1. The quantitative estimate of drug-likeness (QED) is 0.743. The molecule has 0 amide bonds. The third-order valence-electron chi connectivity index (χ3n) is 2.67. The van der Waals surface area contributed by atoms with Gasteiger partial charge in [-0.1, -0.05) is 0 Å². The first-order chi connectivity index (χ1) is 7.43. The van der Waals surface area contributed by atoms with E-state index in [4.69, 9.17) is 18.9 Å². The second-order valence-electron chi connectivity index (χ2n) is 4.95. The molecule has 4 nitrogen and oxygen atoms in total. The summed E-state index contributed by atoms with van der Waals surface area (Å²) in [5, 5.41) is 0. The van der Waals surface area contributed by atoms with Gasteiger partial charge in [0.25, 0.3) is 0 Å². The maximum atomic E-state index is 12.8. The Morgan fingerprint density at radius 2 is 1.88 bits per heavy atom. The van der Waals surface area contributed by atoms with E-state index in [1.807, 2.05) is 27.7 Å². The van der Waals surface area contributed by atoms with Crippen molar-refractivity contribution < 1.29 is 23.3 Å². The molecule has 2 aliphatic heterocycles. The van der Waals surface area contributed by atoms with Crippen LogP contribution in [-0.4, -0.2) is 43.2 Å². The summed E-state index contributed by atoms with van der Waals surface area (Å²) in [4.78, 5) is 0. The third kappa shape index (κ3) is 2.22. The van der Waals surface area contributed by atoms with Crippen LogP contribution in [0.25, 0.3) is 0 Å². The predicted molar refractivity (Wildman–Crippen MR) is 54.7 cm³/mol. The molecule has 94 valence electrons. The Kier molecular flexibility index (Phi) is 3.22. The Hall–Kier alpha value is -0.230. The van der Waals surface area contributed by atoms with Crippen molar-refractivity contribution in [2.75, 3.05) is 6.67 Å². The summed E-state index contributed by atoms with van der Waals surface area (Å²) in [5.41, 5.74) is 0. The summed E-state index contributed by atoms with van der Waals surface area (Å²) >= 11 is 0. The Bertz CT molecular complexity index is 256. The lowest BCUT2D eigenvalue weighted by Gasteiger charge is -2.24. The predicted octanol–water partition coefficient (Wildman–Crippen LogP) is 1.63. The largest absolute Gasteiger partial charge is 0.347 e. The minimum atomic E-state index is -0.689. The van der Waals surface area contributed by atoms with Crippen LogP contribution in [0.1, 0.15) is 27.7 Å². The smallest absolute Gasteiger partial charge is 0.187 e. The molecule has 2 aliphatic rings. The van der Waals surface area contributed by atoms with Gasteiger partial charge in [0.1, 0.15) is 25.0 Å². The average molecular weight is 234 g/mol. The molecular formula is C11H19FO4. The Labute approximate surface area is 95.0 Å². The van der Waals surface area contributed by atoms with Crippen LogP contribution in [0, 0.1) is 0 Å². The average Bonchev–Trinajstić information content (AvgIpc) is 2.60. The molecule has 2 rings (SSSR count). The van der Waals surface area contributed by atoms with Crippen LogP contribution in [0.5, 0.6) is 0 Å². The SMILES string of the molecule is CC(C)O[C@@H]1O[C@H](CF)[C@H]2OC(C)(C)O[C@@H]12. The number of rotatable bonds is 3. The summed E-state index contributed by atoms with van der Waals surface area (Å²) in [6.45, 7) is 6.85. The zero-order valence-corrected chi connectivity index (χ0v) is 10.1. The monoisotopic (exact) mass is 234 g/mol. The molecule has 4 atom stereocenters. The van der Waals surface area contributed by atoms with Crippen molar-refractivity contribution >= 4 is 0 Å². The number of hydrogen-bond acceptors (Lipinski definition) is 4. The van der Waals surface area contributed by atoms with Crippen LogP contribution in [-0.2, 0) is 18.9 Å². The van der Waals surface area contributed by atoms with E-state index in [1.54, 1.807) is 0 Å². The molecule has 5 heteroatoms. The molecule has 0 radical (unpaired) electrons. The third-order valence-corrected chi connectivity index (χ3v) is 2.67. The van der Waals surface area contributed by atoms with Crippen LogP contribution in [0.2, 0.25) is 0 Å². The fourth-order valence-corrected chi connectivity index (χ4v) is 2.14. The van der Waals surface area contributed by atoms with Crippen molar-refractivity contribution in [1.82, 2.24) is 0 Å². The molecule has 0 aromatic rings. The molecule has 2 heterocycles. The van der Waals surface area contributed by atoms with Gasteiger partial charge in [0.15, 0.2) is 12.1 Å². The van der Waals surface area contributed by atoms with E-state index in [2.05, 4.69) is 0 Å². The van der Waals surface area contributed by atoms with Gasteiger partial charge in [-0.3, -0.25) is 0 Å². The maximum Gasteiger partial charge on any atom is 0.187 e. The van der Waals surface area contributed by atoms with E-state index in [0.29, 0.717) is 0 Å².